The summed E-state index contributed by atoms with van der Waals surface area (Å²) < 4.78 is 0. The molecule has 0 saturated carbocycles. The van der Waals surface area contributed by atoms with Gasteiger partial charge in [0.05, 0.1) is 11.9 Å². The lowest BCUT2D eigenvalue weighted by Gasteiger charge is -2.35. The van der Waals surface area contributed by atoms with E-state index in [0.29, 0.717) is 11.4 Å². The average Bonchev–Trinajstić information content (AvgIpc) is 2.46. The van der Waals surface area contributed by atoms with Crippen LogP contribution < -0.4 is 5.73 Å². The number of nitrogens with two attached hydrogens (primary N) is 1. The summed E-state index contributed by atoms with van der Waals surface area (Å²) in [7, 11) is 4.15. The third-order valence-corrected chi connectivity index (χ3v) is 3.53. The molecule has 2 heterocycles. The van der Waals surface area contributed by atoms with Crippen LogP contribution >= 0.6 is 0 Å². The summed E-state index contributed by atoms with van der Waals surface area (Å²) in [5, 5.41) is 0. The van der Waals surface area contributed by atoms with Gasteiger partial charge in [-0.25, -0.2) is 4.98 Å². The Morgan fingerprint density at radius 1 is 1.30 bits per heavy atom. The zero-order chi connectivity index (χ0) is 14.5. The second kappa shape index (κ2) is 6.67. The van der Waals surface area contributed by atoms with E-state index in [1.807, 2.05) is 4.90 Å². The molecule has 1 fully saturated rings. The summed E-state index contributed by atoms with van der Waals surface area (Å²) in [6.45, 7) is 5.47. The number of likely N-dealkylation sites (N-methyl/N-ethyl adjacent to an activating group) is 1. The van der Waals surface area contributed by atoms with Crippen molar-refractivity contribution in [3.63, 3.8) is 0 Å². The minimum absolute atomic E-state index is 0.00254. The van der Waals surface area contributed by atoms with E-state index in [0.717, 1.165) is 39.3 Å². The lowest BCUT2D eigenvalue weighted by atomic mass is 10.2. The monoisotopic (exact) mass is 277 g/mol. The molecule has 0 unspecified atom stereocenters. The van der Waals surface area contributed by atoms with Crippen LogP contribution in [0.4, 0.5) is 5.69 Å². The van der Waals surface area contributed by atoms with Crippen LogP contribution in [-0.2, 0) is 0 Å². The predicted octanol–water partition coefficient (Wildman–Crippen LogP) is -0.0168. The number of piperazine rings is 1. The number of pyridine rings is 1. The Balaban J connectivity index is 1.84. The Hall–Kier alpha value is -1.66. The zero-order valence-electron chi connectivity index (χ0n) is 12.2. The summed E-state index contributed by atoms with van der Waals surface area (Å²) in [5.41, 5.74) is 6.63. The lowest BCUT2D eigenvalue weighted by molar-refractivity contribution is 0.0624. The summed E-state index contributed by atoms with van der Waals surface area (Å²) in [4.78, 5) is 22.8. The van der Waals surface area contributed by atoms with E-state index in [1.54, 1.807) is 12.1 Å². The van der Waals surface area contributed by atoms with Gasteiger partial charge >= 0.3 is 0 Å². The second-order valence-electron chi connectivity index (χ2n) is 5.41. The van der Waals surface area contributed by atoms with Gasteiger partial charge in [0.25, 0.3) is 5.91 Å². The van der Waals surface area contributed by atoms with Gasteiger partial charge in [0.15, 0.2) is 0 Å². The number of nitrogen functional groups attached to an aromatic ring is 1. The summed E-state index contributed by atoms with van der Waals surface area (Å²) in [5.74, 6) is -0.00254. The van der Waals surface area contributed by atoms with Gasteiger partial charge in [0.1, 0.15) is 5.69 Å². The van der Waals surface area contributed by atoms with Crippen molar-refractivity contribution in [1.29, 1.82) is 0 Å². The van der Waals surface area contributed by atoms with Crippen LogP contribution in [0.15, 0.2) is 18.3 Å². The maximum absolute atomic E-state index is 12.3. The molecule has 2 rings (SSSR count). The zero-order valence-corrected chi connectivity index (χ0v) is 12.2. The molecule has 6 nitrogen and oxygen atoms in total. The summed E-state index contributed by atoms with van der Waals surface area (Å²) in [6, 6.07) is 3.41. The van der Waals surface area contributed by atoms with Crippen LogP contribution in [0.1, 0.15) is 10.5 Å². The van der Waals surface area contributed by atoms with Crippen molar-refractivity contribution in [3.05, 3.63) is 24.0 Å². The first kappa shape index (κ1) is 14.7. The van der Waals surface area contributed by atoms with Crippen LogP contribution in [-0.4, -0.2) is 79.0 Å². The Kier molecular flexibility index (Phi) is 4.92. The third-order valence-electron chi connectivity index (χ3n) is 3.53. The van der Waals surface area contributed by atoms with Crippen LogP contribution in [0.5, 0.6) is 0 Å². The van der Waals surface area contributed by atoms with Crippen molar-refractivity contribution in [2.45, 2.75) is 0 Å². The Morgan fingerprint density at radius 2 is 2.00 bits per heavy atom. The smallest absolute Gasteiger partial charge is 0.272 e. The van der Waals surface area contributed by atoms with Gasteiger partial charge in [-0.2, -0.15) is 0 Å². The van der Waals surface area contributed by atoms with E-state index < -0.39 is 0 Å². The van der Waals surface area contributed by atoms with Gasteiger partial charge in [-0.1, -0.05) is 0 Å². The number of anilines is 1. The number of amides is 1. The number of carbonyl (C=O) groups excluding carboxylic acids is 1. The van der Waals surface area contributed by atoms with Crippen molar-refractivity contribution < 1.29 is 4.79 Å². The van der Waals surface area contributed by atoms with Crippen molar-refractivity contribution >= 4 is 11.6 Å². The molecule has 1 saturated heterocycles. The van der Waals surface area contributed by atoms with Crippen molar-refractivity contribution in [1.82, 2.24) is 19.7 Å². The van der Waals surface area contributed by atoms with E-state index in [1.165, 1.54) is 6.20 Å². The van der Waals surface area contributed by atoms with E-state index in [9.17, 15) is 4.79 Å². The Morgan fingerprint density at radius 3 is 2.55 bits per heavy atom. The Labute approximate surface area is 120 Å². The van der Waals surface area contributed by atoms with Gasteiger partial charge in [-0.05, 0) is 26.2 Å². The average molecular weight is 277 g/mol. The molecule has 1 aromatic rings. The highest BCUT2D eigenvalue weighted by molar-refractivity contribution is 5.92. The fourth-order valence-corrected chi connectivity index (χ4v) is 2.21. The second-order valence-corrected chi connectivity index (χ2v) is 5.41. The Bertz CT molecular complexity index is 437. The number of hydrogen-bond acceptors (Lipinski definition) is 5. The maximum atomic E-state index is 12.3. The number of aromatic nitrogens is 1. The quantitative estimate of drug-likeness (QED) is 0.838. The molecule has 0 radical (unpaired) electrons. The van der Waals surface area contributed by atoms with Crippen molar-refractivity contribution in [2.75, 3.05) is 59.1 Å². The van der Waals surface area contributed by atoms with E-state index in [2.05, 4.69) is 28.9 Å². The molecule has 110 valence electrons. The van der Waals surface area contributed by atoms with Crippen LogP contribution in [0.2, 0.25) is 0 Å². The van der Waals surface area contributed by atoms with Crippen LogP contribution in [0.3, 0.4) is 0 Å². The lowest BCUT2D eigenvalue weighted by Crippen LogP contribution is -2.50. The molecule has 2 N–H and O–H groups in total. The number of carbonyl (C=O) groups is 1. The SMILES string of the molecule is CN(C)CCN1CCN(C(=O)c2ccc(N)cn2)CC1. The minimum Gasteiger partial charge on any atom is -0.397 e. The fourth-order valence-electron chi connectivity index (χ4n) is 2.21. The molecular formula is C14H23N5O. The van der Waals surface area contributed by atoms with Gasteiger partial charge in [0.2, 0.25) is 0 Å². The summed E-state index contributed by atoms with van der Waals surface area (Å²) in [6.07, 6.45) is 1.53. The first-order valence-electron chi connectivity index (χ1n) is 6.94. The molecule has 0 bridgehead atoms. The molecule has 1 aliphatic rings. The molecule has 6 heteroatoms. The molecule has 0 aromatic carbocycles. The standard InChI is InChI=1S/C14H23N5O/c1-17(2)5-6-18-7-9-19(10-8-18)14(20)13-4-3-12(15)11-16-13/h3-4,11H,5-10,15H2,1-2H3. The molecule has 0 aliphatic carbocycles. The maximum Gasteiger partial charge on any atom is 0.272 e. The molecule has 0 atom stereocenters. The number of hydrogen-bond donors (Lipinski definition) is 1. The highest BCUT2D eigenvalue weighted by Gasteiger charge is 2.22. The fraction of sp³-hybridized carbons (Fsp3) is 0.571. The van der Waals surface area contributed by atoms with E-state index in [-0.39, 0.29) is 5.91 Å². The van der Waals surface area contributed by atoms with Crippen molar-refractivity contribution in [3.8, 4) is 0 Å². The highest BCUT2D eigenvalue weighted by Crippen LogP contribution is 2.08. The van der Waals surface area contributed by atoms with Gasteiger partial charge in [0, 0.05) is 39.3 Å². The van der Waals surface area contributed by atoms with Gasteiger partial charge in [-0.3, -0.25) is 9.69 Å². The van der Waals surface area contributed by atoms with Crippen LogP contribution in [0, 0.1) is 0 Å². The topological polar surface area (TPSA) is 65.7 Å². The molecule has 0 spiro atoms. The van der Waals surface area contributed by atoms with Gasteiger partial charge in [-0.15, -0.1) is 0 Å². The minimum atomic E-state index is -0.00254. The first-order chi connectivity index (χ1) is 9.56. The number of rotatable bonds is 4. The first-order valence-corrected chi connectivity index (χ1v) is 6.94. The molecule has 1 amide bonds. The van der Waals surface area contributed by atoms with Crippen LogP contribution in [0.25, 0.3) is 0 Å². The molecule has 1 aromatic heterocycles. The predicted molar refractivity (Wildman–Crippen MR) is 79.5 cm³/mol. The van der Waals surface area contributed by atoms with E-state index in [4.69, 9.17) is 5.73 Å². The molecule has 1 aliphatic heterocycles. The van der Waals surface area contributed by atoms with Gasteiger partial charge < -0.3 is 15.5 Å². The highest BCUT2D eigenvalue weighted by atomic mass is 16.2. The number of nitrogens with zero attached hydrogens (tertiary/aromatic N) is 4. The molecule has 20 heavy (non-hydrogen) atoms. The summed E-state index contributed by atoms with van der Waals surface area (Å²) >= 11 is 0. The molecular weight excluding hydrogens is 254 g/mol. The van der Waals surface area contributed by atoms with Crippen molar-refractivity contribution in [2.24, 2.45) is 0 Å². The largest absolute Gasteiger partial charge is 0.397 e. The normalized spacial score (nSPS) is 16.6. The third kappa shape index (κ3) is 3.91. The van der Waals surface area contributed by atoms with E-state index >= 15 is 0 Å².